The highest BCUT2D eigenvalue weighted by molar-refractivity contribution is 5.29. The molecule has 0 radical (unpaired) electrons. The maximum absolute atomic E-state index is 6.01. The SMILES string of the molecule is CCOc1ccc(C(CN)N2CCOC(CC)C2)cc1. The number of hydrogen-bond acceptors (Lipinski definition) is 4. The molecule has 1 aromatic carbocycles. The van der Waals surface area contributed by atoms with Crippen LogP contribution in [0.5, 0.6) is 5.75 Å². The number of morpholine rings is 1. The molecule has 0 bridgehead atoms. The molecule has 0 saturated carbocycles. The van der Waals surface area contributed by atoms with E-state index in [1.165, 1.54) is 5.56 Å². The molecule has 112 valence electrons. The van der Waals surface area contributed by atoms with Gasteiger partial charge in [0.2, 0.25) is 0 Å². The van der Waals surface area contributed by atoms with Crippen LogP contribution in [0.1, 0.15) is 31.9 Å². The number of nitrogens with zero attached hydrogens (tertiary/aromatic N) is 1. The van der Waals surface area contributed by atoms with Crippen molar-refractivity contribution in [1.82, 2.24) is 4.90 Å². The van der Waals surface area contributed by atoms with Gasteiger partial charge in [-0.05, 0) is 31.0 Å². The minimum atomic E-state index is 0.267. The van der Waals surface area contributed by atoms with Crippen LogP contribution in [0.4, 0.5) is 0 Å². The predicted octanol–water partition coefficient (Wildman–Crippen LogP) is 2.20. The molecular weight excluding hydrogens is 252 g/mol. The van der Waals surface area contributed by atoms with Crippen LogP contribution in [0, 0.1) is 0 Å². The first-order chi connectivity index (χ1) is 9.78. The number of rotatable bonds is 6. The zero-order valence-corrected chi connectivity index (χ0v) is 12.5. The third-order valence-electron chi connectivity index (χ3n) is 3.87. The molecule has 2 unspecified atom stereocenters. The van der Waals surface area contributed by atoms with Crippen molar-refractivity contribution in [3.63, 3.8) is 0 Å². The van der Waals surface area contributed by atoms with Crippen molar-refractivity contribution in [3.05, 3.63) is 29.8 Å². The number of benzene rings is 1. The molecule has 2 rings (SSSR count). The lowest BCUT2D eigenvalue weighted by molar-refractivity contribution is -0.0437. The van der Waals surface area contributed by atoms with E-state index in [1.807, 2.05) is 19.1 Å². The maximum atomic E-state index is 6.01. The van der Waals surface area contributed by atoms with Crippen LogP contribution in [0.25, 0.3) is 0 Å². The van der Waals surface area contributed by atoms with E-state index < -0.39 is 0 Å². The Kier molecular flexibility index (Phi) is 5.83. The fraction of sp³-hybridized carbons (Fsp3) is 0.625. The van der Waals surface area contributed by atoms with Crippen LogP contribution in [0.3, 0.4) is 0 Å². The van der Waals surface area contributed by atoms with Gasteiger partial charge in [-0.15, -0.1) is 0 Å². The van der Waals surface area contributed by atoms with Crippen LogP contribution in [0.2, 0.25) is 0 Å². The Morgan fingerprint density at radius 2 is 2.10 bits per heavy atom. The molecule has 4 nitrogen and oxygen atoms in total. The summed E-state index contributed by atoms with van der Waals surface area (Å²) in [6, 6.07) is 8.57. The summed E-state index contributed by atoms with van der Waals surface area (Å²) in [7, 11) is 0. The summed E-state index contributed by atoms with van der Waals surface area (Å²) in [6.45, 7) is 8.20. The Balaban J connectivity index is 2.06. The van der Waals surface area contributed by atoms with Gasteiger partial charge < -0.3 is 15.2 Å². The summed E-state index contributed by atoms with van der Waals surface area (Å²) in [5.74, 6) is 0.917. The molecule has 2 atom stereocenters. The van der Waals surface area contributed by atoms with Crippen molar-refractivity contribution < 1.29 is 9.47 Å². The molecule has 2 N–H and O–H groups in total. The summed E-state index contributed by atoms with van der Waals surface area (Å²) in [5.41, 5.74) is 7.26. The van der Waals surface area contributed by atoms with Gasteiger partial charge in [-0.3, -0.25) is 4.90 Å². The van der Waals surface area contributed by atoms with Gasteiger partial charge >= 0.3 is 0 Å². The van der Waals surface area contributed by atoms with Gasteiger partial charge in [-0.25, -0.2) is 0 Å². The van der Waals surface area contributed by atoms with Crippen molar-refractivity contribution in [1.29, 1.82) is 0 Å². The topological polar surface area (TPSA) is 47.7 Å². The highest BCUT2D eigenvalue weighted by Gasteiger charge is 2.25. The first-order valence-corrected chi connectivity index (χ1v) is 7.57. The van der Waals surface area contributed by atoms with Crippen molar-refractivity contribution in [3.8, 4) is 5.75 Å². The Bertz CT molecular complexity index is 394. The highest BCUT2D eigenvalue weighted by Crippen LogP contribution is 2.24. The van der Waals surface area contributed by atoms with E-state index in [4.69, 9.17) is 15.2 Å². The van der Waals surface area contributed by atoms with E-state index in [2.05, 4.69) is 24.0 Å². The van der Waals surface area contributed by atoms with Crippen LogP contribution < -0.4 is 10.5 Å². The third kappa shape index (κ3) is 3.72. The second kappa shape index (κ2) is 7.62. The molecule has 0 amide bonds. The quantitative estimate of drug-likeness (QED) is 0.866. The molecule has 1 aliphatic rings. The molecule has 1 heterocycles. The summed E-state index contributed by atoms with van der Waals surface area (Å²) in [4.78, 5) is 2.44. The molecule has 1 fully saturated rings. The minimum Gasteiger partial charge on any atom is -0.494 e. The Hall–Kier alpha value is -1.10. The molecule has 1 aliphatic heterocycles. The van der Waals surface area contributed by atoms with Gasteiger partial charge in [0, 0.05) is 25.7 Å². The number of ether oxygens (including phenoxy) is 2. The van der Waals surface area contributed by atoms with E-state index in [0.717, 1.165) is 31.9 Å². The van der Waals surface area contributed by atoms with Crippen molar-refractivity contribution in [2.75, 3.05) is 32.8 Å². The van der Waals surface area contributed by atoms with Crippen molar-refractivity contribution in [2.45, 2.75) is 32.4 Å². The van der Waals surface area contributed by atoms with Gasteiger partial charge in [0.15, 0.2) is 0 Å². The van der Waals surface area contributed by atoms with Crippen LogP contribution >= 0.6 is 0 Å². The Morgan fingerprint density at radius 3 is 2.70 bits per heavy atom. The van der Waals surface area contributed by atoms with E-state index >= 15 is 0 Å². The largest absolute Gasteiger partial charge is 0.494 e. The summed E-state index contributed by atoms with van der Waals surface area (Å²) >= 11 is 0. The monoisotopic (exact) mass is 278 g/mol. The normalized spacial score (nSPS) is 21.6. The van der Waals surface area contributed by atoms with E-state index in [0.29, 0.717) is 19.3 Å². The zero-order chi connectivity index (χ0) is 14.4. The lowest BCUT2D eigenvalue weighted by Gasteiger charge is -2.37. The molecule has 0 spiro atoms. The highest BCUT2D eigenvalue weighted by atomic mass is 16.5. The predicted molar refractivity (Wildman–Crippen MR) is 81.0 cm³/mol. The van der Waals surface area contributed by atoms with Crippen LogP contribution in [-0.4, -0.2) is 43.9 Å². The number of hydrogen-bond donors (Lipinski definition) is 1. The first-order valence-electron chi connectivity index (χ1n) is 7.57. The second-order valence-electron chi connectivity index (χ2n) is 5.15. The summed E-state index contributed by atoms with van der Waals surface area (Å²) in [6.07, 6.45) is 1.39. The maximum Gasteiger partial charge on any atom is 0.119 e. The molecule has 0 aliphatic carbocycles. The first kappa shape index (κ1) is 15.3. The van der Waals surface area contributed by atoms with E-state index in [1.54, 1.807) is 0 Å². The molecule has 4 heteroatoms. The average molecular weight is 278 g/mol. The Labute approximate surface area is 121 Å². The van der Waals surface area contributed by atoms with Crippen molar-refractivity contribution >= 4 is 0 Å². The smallest absolute Gasteiger partial charge is 0.119 e. The fourth-order valence-corrected chi connectivity index (χ4v) is 2.72. The fourth-order valence-electron chi connectivity index (χ4n) is 2.72. The second-order valence-corrected chi connectivity index (χ2v) is 5.15. The zero-order valence-electron chi connectivity index (χ0n) is 12.5. The van der Waals surface area contributed by atoms with Crippen LogP contribution in [0.15, 0.2) is 24.3 Å². The average Bonchev–Trinajstić information content (AvgIpc) is 2.50. The summed E-state index contributed by atoms with van der Waals surface area (Å²) in [5, 5.41) is 0. The molecule has 1 saturated heterocycles. The lowest BCUT2D eigenvalue weighted by Crippen LogP contribution is -2.45. The van der Waals surface area contributed by atoms with Crippen LogP contribution in [-0.2, 0) is 4.74 Å². The Morgan fingerprint density at radius 1 is 1.35 bits per heavy atom. The summed E-state index contributed by atoms with van der Waals surface area (Å²) < 4.78 is 11.2. The molecule has 0 aromatic heterocycles. The van der Waals surface area contributed by atoms with Gasteiger partial charge in [0.1, 0.15) is 5.75 Å². The lowest BCUT2D eigenvalue weighted by atomic mass is 10.0. The molecule has 1 aromatic rings. The van der Waals surface area contributed by atoms with Gasteiger partial charge in [-0.2, -0.15) is 0 Å². The number of nitrogens with two attached hydrogens (primary N) is 1. The van der Waals surface area contributed by atoms with E-state index in [9.17, 15) is 0 Å². The van der Waals surface area contributed by atoms with Crippen molar-refractivity contribution in [2.24, 2.45) is 5.73 Å². The van der Waals surface area contributed by atoms with Gasteiger partial charge in [0.25, 0.3) is 0 Å². The minimum absolute atomic E-state index is 0.267. The molecule has 20 heavy (non-hydrogen) atoms. The third-order valence-corrected chi connectivity index (χ3v) is 3.87. The van der Waals surface area contributed by atoms with Gasteiger partial charge in [0.05, 0.1) is 19.3 Å². The van der Waals surface area contributed by atoms with E-state index in [-0.39, 0.29) is 6.04 Å². The van der Waals surface area contributed by atoms with Gasteiger partial charge in [-0.1, -0.05) is 19.1 Å². The molecular formula is C16H26N2O2. The standard InChI is InChI=1S/C16H26N2O2/c1-3-14-12-18(9-10-20-14)16(11-17)13-5-7-15(8-6-13)19-4-2/h5-8,14,16H,3-4,9-12,17H2,1-2H3.